The summed E-state index contributed by atoms with van der Waals surface area (Å²) in [6, 6.07) is 12.9. The molecule has 0 radical (unpaired) electrons. The van der Waals surface area contributed by atoms with E-state index >= 15 is 0 Å². The van der Waals surface area contributed by atoms with Crippen LogP contribution in [0.2, 0.25) is 0 Å². The molecule has 6 nitrogen and oxygen atoms in total. The van der Waals surface area contributed by atoms with E-state index in [1.54, 1.807) is 24.3 Å². The number of amides is 1. The van der Waals surface area contributed by atoms with Crippen molar-refractivity contribution in [1.82, 2.24) is 4.90 Å². The molecule has 0 bridgehead atoms. The highest BCUT2D eigenvalue weighted by Crippen LogP contribution is 2.35. The van der Waals surface area contributed by atoms with Gasteiger partial charge in [0.15, 0.2) is 0 Å². The summed E-state index contributed by atoms with van der Waals surface area (Å²) in [7, 11) is 0. The highest BCUT2D eigenvalue weighted by molar-refractivity contribution is 6.10. The number of likely N-dealkylation sites (N-methyl/N-ethyl adjacent to an activating group) is 2. The Hall–Kier alpha value is -3.54. The average Bonchev–Trinajstić information content (AvgIpc) is 3.03. The summed E-state index contributed by atoms with van der Waals surface area (Å²) in [5, 5.41) is 9.46. The summed E-state index contributed by atoms with van der Waals surface area (Å²) >= 11 is 0. The molecule has 0 aliphatic carbocycles. The number of aliphatic imine (C=N–C) groups is 1. The zero-order chi connectivity index (χ0) is 20.5. The van der Waals surface area contributed by atoms with Crippen LogP contribution in [-0.4, -0.2) is 35.0 Å². The van der Waals surface area contributed by atoms with E-state index in [4.69, 9.17) is 4.74 Å². The van der Waals surface area contributed by atoms with E-state index < -0.39 is 0 Å². The van der Waals surface area contributed by atoms with Gasteiger partial charge in [-0.05, 0) is 68.8 Å². The molecule has 1 saturated heterocycles. The normalized spacial score (nSPS) is 19.7. The Morgan fingerprint density at radius 2 is 1.72 bits per heavy atom. The zero-order valence-electron chi connectivity index (χ0n) is 16.7. The SMILES string of the molecule is CCN1C(=O)C(=C2C=Cc3cc(C)ccc3N2CC)OC1=Nc1ccc(O)cc1. The molecule has 0 aromatic heterocycles. The molecule has 0 spiro atoms. The van der Waals surface area contributed by atoms with E-state index in [2.05, 4.69) is 35.0 Å². The number of ether oxygens (including phenoxy) is 1. The molecule has 2 heterocycles. The molecule has 1 fully saturated rings. The summed E-state index contributed by atoms with van der Waals surface area (Å²) in [5.41, 5.74) is 4.68. The number of phenols is 1. The summed E-state index contributed by atoms with van der Waals surface area (Å²) in [6.07, 6.45) is 3.94. The van der Waals surface area contributed by atoms with E-state index in [1.165, 1.54) is 10.5 Å². The van der Waals surface area contributed by atoms with Crippen LogP contribution in [0.4, 0.5) is 11.4 Å². The zero-order valence-corrected chi connectivity index (χ0v) is 16.7. The minimum Gasteiger partial charge on any atom is -0.508 e. The minimum absolute atomic E-state index is 0.160. The second-order valence-corrected chi connectivity index (χ2v) is 6.92. The van der Waals surface area contributed by atoms with Crippen LogP contribution in [-0.2, 0) is 9.53 Å². The lowest BCUT2D eigenvalue weighted by molar-refractivity contribution is -0.122. The van der Waals surface area contributed by atoms with Crippen molar-refractivity contribution in [3.8, 4) is 5.75 Å². The van der Waals surface area contributed by atoms with Crippen LogP contribution in [0.25, 0.3) is 6.08 Å². The number of carbonyl (C=O) groups excluding carboxylic acids is 1. The molecule has 1 amide bonds. The third-order valence-corrected chi connectivity index (χ3v) is 4.99. The number of fused-ring (bicyclic) bond motifs is 1. The predicted molar refractivity (Wildman–Crippen MR) is 114 cm³/mol. The molecule has 1 N–H and O–H groups in total. The van der Waals surface area contributed by atoms with Crippen molar-refractivity contribution in [1.29, 1.82) is 0 Å². The fraction of sp³-hybridized carbons (Fsp3) is 0.217. The minimum atomic E-state index is -0.210. The number of hydrogen-bond acceptors (Lipinski definition) is 5. The second-order valence-electron chi connectivity index (χ2n) is 6.92. The molecule has 2 aliphatic rings. The maximum atomic E-state index is 13.1. The summed E-state index contributed by atoms with van der Waals surface area (Å²) in [5.74, 6) is 0.222. The van der Waals surface area contributed by atoms with Crippen LogP contribution in [0.15, 0.2) is 65.0 Å². The van der Waals surface area contributed by atoms with E-state index in [0.717, 1.165) is 16.9 Å². The number of amidine groups is 1. The van der Waals surface area contributed by atoms with Crippen molar-refractivity contribution in [2.75, 3.05) is 18.0 Å². The summed E-state index contributed by atoms with van der Waals surface area (Å²) < 4.78 is 5.97. The van der Waals surface area contributed by atoms with E-state index in [9.17, 15) is 9.90 Å². The first-order valence-electron chi connectivity index (χ1n) is 9.69. The smallest absolute Gasteiger partial charge is 0.305 e. The number of aromatic hydroxyl groups is 1. The Kier molecular flexibility index (Phi) is 4.84. The third kappa shape index (κ3) is 3.38. The van der Waals surface area contributed by atoms with Crippen molar-refractivity contribution in [2.45, 2.75) is 20.8 Å². The lowest BCUT2D eigenvalue weighted by Gasteiger charge is -2.29. The topological polar surface area (TPSA) is 65.4 Å². The van der Waals surface area contributed by atoms with Crippen LogP contribution in [0.1, 0.15) is 25.0 Å². The van der Waals surface area contributed by atoms with Gasteiger partial charge in [0, 0.05) is 18.8 Å². The maximum absolute atomic E-state index is 13.1. The number of allylic oxidation sites excluding steroid dienone is 1. The quantitative estimate of drug-likeness (QED) is 0.794. The van der Waals surface area contributed by atoms with Crippen LogP contribution in [0.3, 0.4) is 0 Å². The van der Waals surface area contributed by atoms with Gasteiger partial charge >= 0.3 is 6.02 Å². The number of aryl methyl sites for hydroxylation is 1. The summed E-state index contributed by atoms with van der Waals surface area (Å²) in [6.45, 7) is 7.14. The first-order chi connectivity index (χ1) is 14.0. The molecule has 4 rings (SSSR count). The van der Waals surface area contributed by atoms with Gasteiger partial charge in [-0.25, -0.2) is 0 Å². The standard InChI is InChI=1S/C23H23N3O3/c1-4-25-19-12-6-15(3)14-16(19)7-13-20(25)21-22(28)26(5-2)23(29-21)24-17-8-10-18(27)11-9-17/h6-14,27H,4-5H2,1-3H3. The van der Waals surface area contributed by atoms with E-state index in [-0.39, 0.29) is 23.4 Å². The van der Waals surface area contributed by atoms with Crippen molar-refractivity contribution >= 4 is 29.4 Å². The third-order valence-electron chi connectivity index (χ3n) is 4.99. The molecule has 148 valence electrons. The molecular weight excluding hydrogens is 366 g/mol. The molecule has 29 heavy (non-hydrogen) atoms. The van der Waals surface area contributed by atoms with Gasteiger partial charge in [0.2, 0.25) is 5.76 Å². The highest BCUT2D eigenvalue weighted by atomic mass is 16.5. The van der Waals surface area contributed by atoms with Crippen molar-refractivity contribution in [3.05, 3.63) is 71.1 Å². The maximum Gasteiger partial charge on any atom is 0.305 e. The molecule has 2 aromatic carbocycles. The van der Waals surface area contributed by atoms with Crippen molar-refractivity contribution < 1.29 is 14.6 Å². The monoisotopic (exact) mass is 389 g/mol. The molecule has 6 heteroatoms. The Morgan fingerprint density at radius 3 is 2.41 bits per heavy atom. The number of rotatable bonds is 3. The van der Waals surface area contributed by atoms with Crippen LogP contribution < -0.4 is 4.90 Å². The van der Waals surface area contributed by atoms with Crippen molar-refractivity contribution in [2.24, 2.45) is 4.99 Å². The van der Waals surface area contributed by atoms with Crippen molar-refractivity contribution in [3.63, 3.8) is 0 Å². The van der Waals surface area contributed by atoms with Gasteiger partial charge in [-0.1, -0.05) is 17.7 Å². The Bertz CT molecular complexity index is 1050. The lowest BCUT2D eigenvalue weighted by Crippen LogP contribution is -2.30. The summed E-state index contributed by atoms with van der Waals surface area (Å²) in [4.78, 5) is 21.1. The molecule has 0 atom stereocenters. The van der Waals surface area contributed by atoms with Gasteiger partial charge in [0.1, 0.15) is 5.75 Å². The first kappa shape index (κ1) is 18.8. The first-order valence-corrected chi connectivity index (χ1v) is 9.69. The molecule has 2 aromatic rings. The fourth-order valence-electron chi connectivity index (χ4n) is 3.54. The van der Waals surface area contributed by atoms with Gasteiger partial charge in [-0.15, -0.1) is 0 Å². The number of nitrogens with zero attached hydrogens (tertiary/aromatic N) is 3. The van der Waals surface area contributed by atoms with Gasteiger partial charge in [-0.3, -0.25) is 9.69 Å². The van der Waals surface area contributed by atoms with Crippen LogP contribution >= 0.6 is 0 Å². The number of phenolic OH excluding ortho intramolecular Hbond substituents is 1. The average molecular weight is 389 g/mol. The van der Waals surface area contributed by atoms with Crippen LogP contribution in [0.5, 0.6) is 5.75 Å². The van der Waals surface area contributed by atoms with E-state index in [1.807, 2.05) is 26.0 Å². The highest BCUT2D eigenvalue weighted by Gasteiger charge is 2.37. The Labute approximate surface area is 170 Å². The van der Waals surface area contributed by atoms with Crippen LogP contribution in [0, 0.1) is 6.92 Å². The van der Waals surface area contributed by atoms with Gasteiger partial charge in [0.05, 0.1) is 11.4 Å². The predicted octanol–water partition coefficient (Wildman–Crippen LogP) is 4.33. The van der Waals surface area contributed by atoms with Gasteiger partial charge in [0.25, 0.3) is 5.91 Å². The second kappa shape index (κ2) is 7.47. The molecule has 0 unspecified atom stereocenters. The Morgan fingerprint density at radius 1 is 1.00 bits per heavy atom. The largest absolute Gasteiger partial charge is 0.508 e. The molecular formula is C23H23N3O3. The number of anilines is 1. The Balaban J connectivity index is 1.76. The van der Waals surface area contributed by atoms with E-state index in [0.29, 0.717) is 18.8 Å². The molecule has 2 aliphatic heterocycles. The van der Waals surface area contributed by atoms with Gasteiger partial charge in [-0.2, -0.15) is 4.99 Å². The van der Waals surface area contributed by atoms with Gasteiger partial charge < -0.3 is 14.7 Å². The number of benzene rings is 2. The number of carbonyl (C=O) groups is 1. The molecule has 0 saturated carbocycles. The number of hydrogen-bond donors (Lipinski definition) is 1. The lowest BCUT2D eigenvalue weighted by atomic mass is 10.0. The fourth-order valence-corrected chi connectivity index (χ4v) is 3.54.